The fourth-order valence-electron chi connectivity index (χ4n) is 5.03. The number of nitrogens with zero attached hydrogens (tertiary/aromatic N) is 8. The van der Waals surface area contributed by atoms with Gasteiger partial charge in [-0.25, -0.2) is 4.68 Å². The average Bonchev–Trinajstić information content (AvgIpc) is 3.55. The summed E-state index contributed by atoms with van der Waals surface area (Å²) in [5, 5.41) is 15.4. The van der Waals surface area contributed by atoms with Gasteiger partial charge in [0.1, 0.15) is 5.69 Å². The summed E-state index contributed by atoms with van der Waals surface area (Å²) in [6, 6.07) is 4.20. The van der Waals surface area contributed by atoms with Crippen LogP contribution in [0.1, 0.15) is 39.8 Å². The third-order valence-electron chi connectivity index (χ3n) is 7.68. The molecule has 1 fully saturated rings. The number of piperazine rings is 1. The van der Waals surface area contributed by atoms with Gasteiger partial charge in [-0.2, -0.15) is 18.3 Å². The molecule has 0 spiro atoms. The topological polar surface area (TPSA) is 97.0 Å². The van der Waals surface area contributed by atoms with E-state index < -0.39 is 17.6 Å². The highest BCUT2D eigenvalue weighted by Crippen LogP contribution is 2.39. The summed E-state index contributed by atoms with van der Waals surface area (Å²) >= 11 is 0. The lowest BCUT2D eigenvalue weighted by molar-refractivity contribution is -0.138. The van der Waals surface area contributed by atoms with Gasteiger partial charge in [-0.3, -0.25) is 14.5 Å². The van der Waals surface area contributed by atoms with Crippen molar-refractivity contribution in [2.24, 2.45) is 7.05 Å². The number of benzene rings is 1. The number of aromatic nitrogens is 6. The van der Waals surface area contributed by atoms with Crippen molar-refractivity contribution in [2.45, 2.75) is 33.9 Å². The molecule has 0 unspecified atom stereocenters. The first-order valence-corrected chi connectivity index (χ1v) is 13.3. The summed E-state index contributed by atoms with van der Waals surface area (Å²) in [5.74, 6) is -0.582. The normalized spacial score (nSPS) is 14.5. The Morgan fingerprint density at radius 2 is 1.76 bits per heavy atom. The summed E-state index contributed by atoms with van der Waals surface area (Å²) in [7, 11) is 1.83. The fourth-order valence-corrected chi connectivity index (χ4v) is 5.03. The second-order valence-corrected chi connectivity index (χ2v) is 10.2. The number of carbonyl (C=O) groups excluding carboxylic acids is 1. The van der Waals surface area contributed by atoms with E-state index in [0.29, 0.717) is 35.9 Å². The van der Waals surface area contributed by atoms with Crippen LogP contribution in [0.25, 0.3) is 16.9 Å². The predicted octanol–water partition coefficient (Wildman–Crippen LogP) is 4.40. The lowest BCUT2D eigenvalue weighted by Gasteiger charge is -2.37. The number of rotatable bonds is 6. The standard InChI is InChI=1S/C28H32F3N9O/c1-6-38-7-9-39(10-8-38)25-13-21(12-23(17(25)2)28(29,30)31)34-27(41)20-11-26(18(3)32-14-20)40-16-24(35-36-40)22-15-33-37(5)19(22)4/h11-16H,6-10H2,1-5H3,(H,34,41). The number of pyridine rings is 1. The Balaban J connectivity index is 1.43. The van der Waals surface area contributed by atoms with Crippen LogP contribution in [0.15, 0.2) is 36.8 Å². The number of likely N-dealkylation sites (N-methyl/N-ethyl adjacent to an activating group) is 1. The number of halogens is 3. The minimum atomic E-state index is -4.57. The van der Waals surface area contributed by atoms with Crippen LogP contribution >= 0.6 is 0 Å². The lowest BCUT2D eigenvalue weighted by Crippen LogP contribution is -2.46. The number of nitrogens with one attached hydrogen (secondary N) is 1. The monoisotopic (exact) mass is 567 g/mol. The Labute approximate surface area is 235 Å². The highest BCUT2D eigenvalue weighted by molar-refractivity contribution is 6.04. The van der Waals surface area contributed by atoms with Crippen molar-refractivity contribution in [3.05, 3.63) is 64.9 Å². The van der Waals surface area contributed by atoms with Gasteiger partial charge < -0.3 is 15.1 Å². The van der Waals surface area contributed by atoms with Crippen molar-refractivity contribution in [1.29, 1.82) is 0 Å². The number of amides is 1. The number of aryl methyl sites for hydroxylation is 2. The van der Waals surface area contributed by atoms with Crippen LogP contribution in [0.3, 0.4) is 0 Å². The van der Waals surface area contributed by atoms with Crippen LogP contribution in [0.4, 0.5) is 24.5 Å². The summed E-state index contributed by atoms with van der Waals surface area (Å²) in [5.41, 5.74) is 3.55. The maximum absolute atomic E-state index is 14.0. The molecule has 1 aromatic carbocycles. The summed E-state index contributed by atoms with van der Waals surface area (Å²) in [6.45, 7) is 10.9. The minimum absolute atomic E-state index is 0.0677. The van der Waals surface area contributed by atoms with Crippen molar-refractivity contribution in [1.82, 2.24) is 34.7 Å². The van der Waals surface area contributed by atoms with E-state index in [-0.39, 0.29) is 16.8 Å². The number of hydrogen-bond acceptors (Lipinski definition) is 7. The van der Waals surface area contributed by atoms with Crippen molar-refractivity contribution in [2.75, 3.05) is 42.9 Å². The first-order chi connectivity index (χ1) is 19.5. The molecule has 0 aliphatic carbocycles. The zero-order valence-corrected chi connectivity index (χ0v) is 23.6. The molecule has 1 aliphatic heterocycles. The molecule has 0 radical (unpaired) electrons. The van der Waals surface area contributed by atoms with Gasteiger partial charge in [0.25, 0.3) is 5.91 Å². The highest BCUT2D eigenvalue weighted by atomic mass is 19.4. The van der Waals surface area contributed by atoms with Crippen LogP contribution in [0.2, 0.25) is 0 Å². The molecule has 10 nitrogen and oxygen atoms in total. The molecule has 216 valence electrons. The van der Waals surface area contributed by atoms with Gasteiger partial charge in [0.2, 0.25) is 0 Å². The van der Waals surface area contributed by atoms with Crippen LogP contribution in [0, 0.1) is 20.8 Å². The quantitative estimate of drug-likeness (QED) is 0.369. The van der Waals surface area contributed by atoms with Crippen LogP contribution < -0.4 is 10.2 Å². The third-order valence-corrected chi connectivity index (χ3v) is 7.68. The first-order valence-electron chi connectivity index (χ1n) is 13.3. The zero-order chi connectivity index (χ0) is 29.5. The lowest BCUT2D eigenvalue weighted by atomic mass is 10.0. The second kappa shape index (κ2) is 11.0. The van der Waals surface area contributed by atoms with E-state index in [1.807, 2.05) is 18.9 Å². The van der Waals surface area contributed by atoms with Gasteiger partial charge in [-0.05, 0) is 51.1 Å². The Morgan fingerprint density at radius 1 is 1.02 bits per heavy atom. The minimum Gasteiger partial charge on any atom is -0.369 e. The molecule has 41 heavy (non-hydrogen) atoms. The van der Waals surface area contributed by atoms with Crippen molar-refractivity contribution in [3.8, 4) is 16.9 Å². The van der Waals surface area contributed by atoms with E-state index in [9.17, 15) is 18.0 Å². The third kappa shape index (κ3) is 5.67. The summed E-state index contributed by atoms with van der Waals surface area (Å²) in [6.07, 6.45) is 0.241. The van der Waals surface area contributed by atoms with Crippen LogP contribution in [-0.2, 0) is 13.2 Å². The van der Waals surface area contributed by atoms with E-state index >= 15 is 0 Å². The Bertz CT molecular complexity index is 1580. The average molecular weight is 568 g/mol. The van der Waals surface area contributed by atoms with Crippen molar-refractivity contribution in [3.63, 3.8) is 0 Å². The Morgan fingerprint density at radius 3 is 2.39 bits per heavy atom. The highest BCUT2D eigenvalue weighted by Gasteiger charge is 2.35. The molecule has 1 amide bonds. The molecule has 3 aromatic heterocycles. The maximum Gasteiger partial charge on any atom is 0.416 e. The van der Waals surface area contributed by atoms with Crippen LogP contribution in [0.5, 0.6) is 0 Å². The van der Waals surface area contributed by atoms with Gasteiger partial charge in [0, 0.05) is 62.1 Å². The molecule has 4 aromatic rings. The molecule has 1 N–H and O–H groups in total. The Kier molecular flexibility index (Phi) is 7.56. The largest absolute Gasteiger partial charge is 0.416 e. The smallest absolute Gasteiger partial charge is 0.369 e. The van der Waals surface area contributed by atoms with E-state index in [1.54, 1.807) is 36.1 Å². The molecule has 0 saturated carbocycles. The molecule has 4 heterocycles. The van der Waals surface area contributed by atoms with E-state index in [2.05, 4.69) is 37.5 Å². The van der Waals surface area contributed by atoms with Gasteiger partial charge in [-0.15, -0.1) is 5.10 Å². The first kappa shape index (κ1) is 28.3. The van der Waals surface area contributed by atoms with E-state index in [4.69, 9.17) is 0 Å². The zero-order valence-electron chi connectivity index (χ0n) is 23.6. The molecule has 1 aliphatic rings. The SMILES string of the molecule is CCN1CCN(c2cc(NC(=O)c3cnc(C)c(-n4cc(-c5cnn(C)c5C)nn4)c3)cc(C(F)(F)F)c2C)CC1. The van der Waals surface area contributed by atoms with Crippen LogP contribution in [-0.4, -0.2) is 73.3 Å². The van der Waals surface area contributed by atoms with Crippen molar-refractivity contribution >= 4 is 17.3 Å². The van der Waals surface area contributed by atoms with E-state index in [1.165, 1.54) is 17.8 Å². The maximum atomic E-state index is 14.0. The second-order valence-electron chi connectivity index (χ2n) is 10.2. The Hall–Kier alpha value is -4.26. The number of hydrogen-bond donors (Lipinski definition) is 1. The molecular weight excluding hydrogens is 535 g/mol. The summed E-state index contributed by atoms with van der Waals surface area (Å²) < 4.78 is 45.3. The van der Waals surface area contributed by atoms with Gasteiger partial charge in [0.05, 0.1) is 34.9 Å². The number of anilines is 2. The molecule has 1 saturated heterocycles. The number of carbonyl (C=O) groups is 1. The molecule has 13 heteroatoms. The van der Waals surface area contributed by atoms with Gasteiger partial charge >= 0.3 is 6.18 Å². The van der Waals surface area contributed by atoms with Gasteiger partial charge in [0.15, 0.2) is 0 Å². The molecule has 0 atom stereocenters. The molecular formula is C28H32F3N9O. The summed E-state index contributed by atoms with van der Waals surface area (Å²) in [4.78, 5) is 21.8. The number of alkyl halides is 3. The van der Waals surface area contributed by atoms with Crippen molar-refractivity contribution < 1.29 is 18.0 Å². The van der Waals surface area contributed by atoms with E-state index in [0.717, 1.165) is 37.0 Å². The molecule has 5 rings (SSSR count). The van der Waals surface area contributed by atoms with Gasteiger partial charge in [-0.1, -0.05) is 12.1 Å². The fraction of sp³-hybridized carbons (Fsp3) is 0.393. The molecule has 0 bridgehead atoms. The predicted molar refractivity (Wildman–Crippen MR) is 149 cm³/mol.